The molecule has 1 aromatic heterocycles. The summed E-state index contributed by atoms with van der Waals surface area (Å²) in [5.41, 5.74) is 0.524. The van der Waals surface area contributed by atoms with Gasteiger partial charge in [-0.25, -0.2) is 18.2 Å². The lowest BCUT2D eigenvalue weighted by Gasteiger charge is -2.36. The van der Waals surface area contributed by atoms with Crippen molar-refractivity contribution >= 4 is 15.9 Å². The van der Waals surface area contributed by atoms with Gasteiger partial charge >= 0.3 is 12.3 Å². The standard InChI is InChI=1S/C22H31F3N2O6S/c1-14-19(8-9-20(26-14)34(3,29)30)33-17-6-4-16(5-7-17)32-18-10-12-27(13-11-18)21(28)31-15(2)22(23,24)25/h8-9,15-18H,4-7,10-13H2,1-3H3/t15-,16?,17?/m0/s1. The summed E-state index contributed by atoms with van der Waals surface area (Å²) in [6.45, 7) is 3.12. The summed E-state index contributed by atoms with van der Waals surface area (Å²) in [4.78, 5) is 17.4. The highest BCUT2D eigenvalue weighted by molar-refractivity contribution is 7.90. The van der Waals surface area contributed by atoms with Crippen molar-refractivity contribution in [3.05, 3.63) is 17.8 Å². The van der Waals surface area contributed by atoms with Crippen LogP contribution in [0.4, 0.5) is 18.0 Å². The van der Waals surface area contributed by atoms with Crippen LogP contribution in [-0.4, -0.2) is 74.3 Å². The SMILES string of the molecule is Cc1nc(S(C)(=O)=O)ccc1OC1CCC(OC2CCN(C(=O)O[C@@H](C)C(F)(F)F)CC2)CC1. The van der Waals surface area contributed by atoms with E-state index >= 15 is 0 Å². The number of sulfone groups is 1. The van der Waals surface area contributed by atoms with Crippen molar-refractivity contribution in [3.8, 4) is 5.75 Å². The van der Waals surface area contributed by atoms with Crippen molar-refractivity contribution in [3.63, 3.8) is 0 Å². The monoisotopic (exact) mass is 508 g/mol. The number of ether oxygens (including phenoxy) is 3. The van der Waals surface area contributed by atoms with E-state index in [0.29, 0.717) is 37.4 Å². The molecule has 8 nitrogen and oxygen atoms in total. The molecule has 1 aliphatic carbocycles. The van der Waals surface area contributed by atoms with Crippen molar-refractivity contribution in [2.45, 2.75) is 88.0 Å². The van der Waals surface area contributed by atoms with E-state index in [1.165, 1.54) is 11.0 Å². The summed E-state index contributed by atoms with van der Waals surface area (Å²) in [6, 6.07) is 3.08. The van der Waals surface area contributed by atoms with Gasteiger partial charge in [0.25, 0.3) is 0 Å². The third-order valence-corrected chi connectivity index (χ3v) is 7.12. The summed E-state index contributed by atoms with van der Waals surface area (Å²) < 4.78 is 77.7. The highest BCUT2D eigenvalue weighted by Crippen LogP contribution is 2.30. The van der Waals surface area contributed by atoms with Gasteiger partial charge in [0, 0.05) is 19.3 Å². The number of amides is 1. The summed E-state index contributed by atoms with van der Waals surface area (Å²) in [6.07, 6.45) is -2.33. The second kappa shape index (κ2) is 10.7. The van der Waals surface area contributed by atoms with E-state index in [0.717, 1.165) is 38.9 Å². The molecule has 12 heteroatoms. The molecule has 1 saturated carbocycles. The number of aryl methyl sites for hydroxylation is 1. The van der Waals surface area contributed by atoms with E-state index in [1.807, 2.05) is 0 Å². The fourth-order valence-corrected chi connectivity index (χ4v) is 4.68. The molecule has 1 saturated heterocycles. The molecular weight excluding hydrogens is 477 g/mol. The van der Waals surface area contributed by atoms with Crippen molar-refractivity contribution in [1.29, 1.82) is 0 Å². The van der Waals surface area contributed by atoms with Gasteiger partial charge in [0.1, 0.15) is 5.75 Å². The van der Waals surface area contributed by atoms with Crippen molar-refractivity contribution < 1.29 is 40.6 Å². The average molecular weight is 509 g/mol. The normalized spacial score (nSPS) is 23.4. The lowest BCUT2D eigenvalue weighted by atomic mass is 9.94. The maximum Gasteiger partial charge on any atom is 0.425 e. The molecule has 192 valence electrons. The van der Waals surface area contributed by atoms with Crippen molar-refractivity contribution in [2.24, 2.45) is 0 Å². The number of alkyl halides is 3. The van der Waals surface area contributed by atoms with Crippen LogP contribution in [-0.2, 0) is 19.3 Å². The van der Waals surface area contributed by atoms with Gasteiger partial charge in [-0.15, -0.1) is 0 Å². The molecule has 1 atom stereocenters. The molecule has 3 rings (SSSR count). The number of carbonyl (C=O) groups excluding carboxylic acids is 1. The maximum atomic E-state index is 12.6. The van der Waals surface area contributed by atoms with Crippen molar-refractivity contribution in [1.82, 2.24) is 9.88 Å². The van der Waals surface area contributed by atoms with Crippen LogP contribution in [0.5, 0.6) is 5.75 Å². The fraction of sp³-hybridized carbons (Fsp3) is 0.727. The number of carbonyl (C=O) groups is 1. The Morgan fingerprint density at radius 2 is 1.62 bits per heavy atom. The number of aromatic nitrogens is 1. The number of likely N-dealkylation sites (tertiary alicyclic amines) is 1. The Labute approximate surface area is 197 Å². The predicted molar refractivity (Wildman–Crippen MR) is 116 cm³/mol. The smallest absolute Gasteiger partial charge is 0.425 e. The number of hydrogen-bond acceptors (Lipinski definition) is 7. The van der Waals surface area contributed by atoms with Crippen LogP contribution >= 0.6 is 0 Å². The fourth-order valence-electron chi connectivity index (χ4n) is 4.06. The van der Waals surface area contributed by atoms with Crippen LogP contribution in [0.2, 0.25) is 0 Å². The first kappa shape index (κ1) is 26.5. The number of pyridine rings is 1. The van der Waals surface area contributed by atoms with Crippen LogP contribution < -0.4 is 4.74 Å². The number of halogens is 3. The van der Waals surface area contributed by atoms with Gasteiger partial charge in [-0.1, -0.05) is 0 Å². The first-order chi connectivity index (χ1) is 15.8. The first-order valence-corrected chi connectivity index (χ1v) is 13.2. The Kier molecular flexibility index (Phi) is 8.33. The Bertz CT molecular complexity index is 956. The molecule has 34 heavy (non-hydrogen) atoms. The minimum Gasteiger partial charge on any atom is -0.489 e. The molecule has 0 radical (unpaired) electrons. The largest absolute Gasteiger partial charge is 0.489 e. The minimum atomic E-state index is -4.57. The molecule has 1 aromatic rings. The van der Waals surface area contributed by atoms with Crippen LogP contribution in [0.3, 0.4) is 0 Å². The number of rotatable bonds is 6. The molecule has 2 heterocycles. The predicted octanol–water partition coefficient (Wildman–Crippen LogP) is 4.05. The zero-order valence-electron chi connectivity index (χ0n) is 19.5. The summed E-state index contributed by atoms with van der Waals surface area (Å²) in [5, 5.41) is 0.0173. The van der Waals surface area contributed by atoms with E-state index < -0.39 is 28.2 Å². The van der Waals surface area contributed by atoms with E-state index in [1.54, 1.807) is 13.0 Å². The Hall–Kier alpha value is -2.08. The quantitative estimate of drug-likeness (QED) is 0.572. The molecule has 2 fully saturated rings. The summed E-state index contributed by atoms with van der Waals surface area (Å²) in [5.74, 6) is 0.566. The Morgan fingerprint density at radius 3 is 2.15 bits per heavy atom. The third-order valence-electron chi connectivity index (χ3n) is 6.13. The number of piperidine rings is 1. The van der Waals surface area contributed by atoms with Gasteiger partial charge in [0.05, 0.1) is 24.0 Å². The third kappa shape index (κ3) is 7.21. The van der Waals surface area contributed by atoms with Crippen molar-refractivity contribution in [2.75, 3.05) is 19.3 Å². The highest BCUT2D eigenvalue weighted by atomic mass is 32.2. The van der Waals surface area contributed by atoms with Gasteiger partial charge < -0.3 is 19.1 Å². The summed E-state index contributed by atoms with van der Waals surface area (Å²) in [7, 11) is -3.37. The molecular formula is C22H31F3N2O6S. The van der Waals surface area contributed by atoms with Gasteiger partial charge in [-0.2, -0.15) is 13.2 Å². The molecule has 1 aliphatic heterocycles. The van der Waals surface area contributed by atoms with Gasteiger partial charge in [-0.3, -0.25) is 0 Å². The Balaban J connectivity index is 1.40. The molecule has 0 spiro atoms. The summed E-state index contributed by atoms with van der Waals surface area (Å²) >= 11 is 0. The van der Waals surface area contributed by atoms with Gasteiger partial charge in [-0.05, 0) is 64.5 Å². The van der Waals surface area contributed by atoms with Crippen LogP contribution in [0.15, 0.2) is 17.2 Å². The lowest BCUT2D eigenvalue weighted by Crippen LogP contribution is -2.44. The van der Waals surface area contributed by atoms with E-state index in [-0.39, 0.29) is 23.3 Å². The Morgan fingerprint density at radius 1 is 1.06 bits per heavy atom. The maximum absolute atomic E-state index is 12.6. The number of hydrogen-bond donors (Lipinski definition) is 0. The molecule has 0 unspecified atom stereocenters. The topological polar surface area (TPSA) is 95.0 Å². The lowest BCUT2D eigenvalue weighted by molar-refractivity contribution is -0.200. The number of nitrogens with zero attached hydrogens (tertiary/aromatic N) is 2. The van der Waals surface area contributed by atoms with E-state index in [9.17, 15) is 26.4 Å². The second-order valence-corrected chi connectivity index (χ2v) is 10.9. The molecule has 0 bridgehead atoms. The average Bonchev–Trinajstić information content (AvgIpc) is 2.75. The van der Waals surface area contributed by atoms with Crippen LogP contribution in [0.1, 0.15) is 51.1 Å². The zero-order valence-corrected chi connectivity index (χ0v) is 20.3. The van der Waals surface area contributed by atoms with Crippen LogP contribution in [0.25, 0.3) is 0 Å². The minimum absolute atomic E-state index is 0.0170. The molecule has 0 aromatic carbocycles. The van der Waals surface area contributed by atoms with Crippen LogP contribution in [0, 0.1) is 6.92 Å². The molecule has 1 amide bonds. The van der Waals surface area contributed by atoms with E-state index in [2.05, 4.69) is 9.72 Å². The van der Waals surface area contributed by atoms with E-state index in [4.69, 9.17) is 9.47 Å². The zero-order chi connectivity index (χ0) is 25.1. The van der Waals surface area contributed by atoms with Gasteiger partial charge in [0.2, 0.25) is 0 Å². The van der Waals surface area contributed by atoms with Gasteiger partial charge in [0.15, 0.2) is 21.0 Å². The molecule has 2 aliphatic rings. The second-order valence-electron chi connectivity index (χ2n) is 8.91. The first-order valence-electron chi connectivity index (χ1n) is 11.3. The molecule has 0 N–H and O–H groups in total. The highest BCUT2D eigenvalue weighted by Gasteiger charge is 2.40.